The number of aromatic nitrogens is 2. The van der Waals surface area contributed by atoms with Gasteiger partial charge < -0.3 is 9.80 Å². The van der Waals surface area contributed by atoms with E-state index < -0.39 is 0 Å². The van der Waals surface area contributed by atoms with Gasteiger partial charge in [-0.15, -0.1) is 0 Å². The zero-order valence-corrected chi connectivity index (χ0v) is 14.6. The van der Waals surface area contributed by atoms with Gasteiger partial charge in [0.2, 0.25) is 0 Å². The summed E-state index contributed by atoms with van der Waals surface area (Å²) in [7, 11) is 2.17. The summed E-state index contributed by atoms with van der Waals surface area (Å²) in [5.74, 6) is 0.922. The smallest absolute Gasteiger partial charge is 0.150 e. The molecule has 128 valence electrons. The van der Waals surface area contributed by atoms with Gasteiger partial charge in [0, 0.05) is 43.1 Å². The second-order valence-corrected chi connectivity index (χ2v) is 6.67. The van der Waals surface area contributed by atoms with Gasteiger partial charge in [-0.05, 0) is 56.4 Å². The van der Waals surface area contributed by atoms with Gasteiger partial charge in [0.15, 0.2) is 0 Å². The van der Waals surface area contributed by atoms with Crippen LogP contribution in [0.1, 0.15) is 16.2 Å². The Labute approximate surface area is 147 Å². The van der Waals surface area contributed by atoms with E-state index in [0.717, 1.165) is 55.0 Å². The molecule has 1 aromatic heterocycles. The highest BCUT2D eigenvalue weighted by Gasteiger charge is 2.15. The molecule has 3 aromatic rings. The van der Waals surface area contributed by atoms with Gasteiger partial charge in [0.05, 0.1) is 11.0 Å². The van der Waals surface area contributed by atoms with Crippen LogP contribution in [-0.4, -0.2) is 54.0 Å². The number of piperazine rings is 1. The maximum Gasteiger partial charge on any atom is 0.150 e. The van der Waals surface area contributed by atoms with Gasteiger partial charge >= 0.3 is 0 Å². The van der Waals surface area contributed by atoms with Gasteiger partial charge in [-0.1, -0.05) is 0 Å². The number of aryl methyl sites for hydroxylation is 1. The lowest BCUT2D eigenvalue weighted by atomic mass is 10.2. The van der Waals surface area contributed by atoms with E-state index >= 15 is 0 Å². The van der Waals surface area contributed by atoms with Crippen LogP contribution in [0.25, 0.3) is 16.7 Å². The van der Waals surface area contributed by atoms with Gasteiger partial charge in [-0.25, -0.2) is 4.98 Å². The van der Waals surface area contributed by atoms with E-state index in [-0.39, 0.29) is 0 Å². The number of fused-ring (bicyclic) bond motifs is 1. The molecule has 25 heavy (non-hydrogen) atoms. The second-order valence-electron chi connectivity index (χ2n) is 6.67. The predicted molar refractivity (Wildman–Crippen MR) is 101 cm³/mol. The van der Waals surface area contributed by atoms with Crippen molar-refractivity contribution in [3.05, 3.63) is 53.9 Å². The SMILES string of the molecule is Cc1nc2ccc(C=O)cc2n1-c1ccc(N2CCN(C)CC2)cc1. The largest absolute Gasteiger partial charge is 0.369 e. The molecule has 1 fully saturated rings. The Hall–Kier alpha value is -2.66. The molecule has 0 aliphatic carbocycles. The molecule has 4 rings (SSSR count). The Balaban J connectivity index is 1.69. The van der Waals surface area contributed by atoms with Gasteiger partial charge in [-0.2, -0.15) is 0 Å². The summed E-state index contributed by atoms with van der Waals surface area (Å²) < 4.78 is 2.11. The van der Waals surface area contributed by atoms with E-state index in [1.165, 1.54) is 5.69 Å². The van der Waals surface area contributed by atoms with Crippen LogP contribution in [-0.2, 0) is 0 Å². The summed E-state index contributed by atoms with van der Waals surface area (Å²) in [5, 5.41) is 0. The third-order valence-corrected chi connectivity index (χ3v) is 4.96. The second kappa shape index (κ2) is 6.33. The number of imidazole rings is 1. The zero-order valence-electron chi connectivity index (χ0n) is 14.6. The molecule has 0 atom stereocenters. The fourth-order valence-corrected chi connectivity index (χ4v) is 3.49. The maximum absolute atomic E-state index is 11.1. The van der Waals surface area contributed by atoms with Gasteiger partial charge in [-0.3, -0.25) is 9.36 Å². The van der Waals surface area contributed by atoms with Gasteiger partial charge in [0.1, 0.15) is 12.1 Å². The topological polar surface area (TPSA) is 41.4 Å². The van der Waals surface area contributed by atoms with Gasteiger partial charge in [0.25, 0.3) is 0 Å². The minimum atomic E-state index is 0.669. The molecule has 0 amide bonds. The quantitative estimate of drug-likeness (QED) is 0.691. The monoisotopic (exact) mass is 334 g/mol. The van der Waals surface area contributed by atoms with Crippen LogP contribution in [0.4, 0.5) is 5.69 Å². The molecular weight excluding hydrogens is 312 g/mol. The highest BCUT2D eigenvalue weighted by atomic mass is 16.1. The van der Waals surface area contributed by atoms with E-state index in [0.29, 0.717) is 5.56 Å². The van der Waals surface area contributed by atoms with E-state index in [1.54, 1.807) is 0 Å². The summed E-state index contributed by atoms with van der Waals surface area (Å²) in [6.07, 6.45) is 0.878. The molecule has 0 N–H and O–H groups in total. The van der Waals surface area contributed by atoms with Crippen LogP contribution < -0.4 is 4.90 Å². The highest BCUT2D eigenvalue weighted by Crippen LogP contribution is 2.24. The van der Waals surface area contributed by atoms with Crippen molar-refractivity contribution in [3.63, 3.8) is 0 Å². The van der Waals surface area contributed by atoms with E-state index in [2.05, 4.69) is 50.7 Å². The summed E-state index contributed by atoms with van der Waals surface area (Å²) >= 11 is 0. The Morgan fingerprint density at radius 2 is 1.64 bits per heavy atom. The van der Waals surface area contributed by atoms with E-state index in [4.69, 9.17) is 0 Å². The molecule has 0 unspecified atom stereocenters. The number of hydrogen-bond donors (Lipinski definition) is 0. The lowest BCUT2D eigenvalue weighted by molar-refractivity contribution is 0.112. The normalized spacial score (nSPS) is 15.7. The Bertz CT molecular complexity index is 905. The number of likely N-dealkylation sites (N-methyl/N-ethyl adjacent to an activating group) is 1. The summed E-state index contributed by atoms with van der Waals surface area (Å²) in [6, 6.07) is 14.2. The molecule has 5 nitrogen and oxygen atoms in total. The molecular formula is C20H22N4O. The molecule has 0 saturated carbocycles. The van der Waals surface area contributed by atoms with Crippen molar-refractivity contribution in [1.82, 2.24) is 14.5 Å². The molecule has 0 spiro atoms. The van der Waals surface area contributed by atoms with Crippen LogP contribution in [0.15, 0.2) is 42.5 Å². The summed E-state index contributed by atoms with van der Waals surface area (Å²) in [4.78, 5) is 20.5. The third-order valence-electron chi connectivity index (χ3n) is 4.96. The van der Waals surface area contributed by atoms with Crippen molar-refractivity contribution in [2.24, 2.45) is 0 Å². The number of hydrogen-bond acceptors (Lipinski definition) is 4. The lowest BCUT2D eigenvalue weighted by Gasteiger charge is -2.34. The fourth-order valence-electron chi connectivity index (χ4n) is 3.49. The van der Waals surface area contributed by atoms with Crippen LogP contribution >= 0.6 is 0 Å². The molecule has 1 saturated heterocycles. The third kappa shape index (κ3) is 2.91. The predicted octanol–water partition coefficient (Wildman–Crippen LogP) is 2.90. The Morgan fingerprint density at radius 1 is 0.960 bits per heavy atom. The van der Waals surface area contributed by atoms with Crippen molar-refractivity contribution in [2.75, 3.05) is 38.1 Å². The molecule has 2 heterocycles. The van der Waals surface area contributed by atoms with Crippen LogP contribution in [0.5, 0.6) is 0 Å². The first-order chi connectivity index (χ1) is 12.2. The number of carbonyl (C=O) groups is 1. The Morgan fingerprint density at radius 3 is 2.32 bits per heavy atom. The number of benzene rings is 2. The first-order valence-corrected chi connectivity index (χ1v) is 8.64. The lowest BCUT2D eigenvalue weighted by Crippen LogP contribution is -2.44. The molecule has 2 aromatic carbocycles. The number of aldehydes is 1. The Kier molecular flexibility index (Phi) is 4.01. The van der Waals surface area contributed by atoms with Crippen LogP contribution in [0, 0.1) is 6.92 Å². The van der Waals surface area contributed by atoms with Crippen LogP contribution in [0.2, 0.25) is 0 Å². The first-order valence-electron chi connectivity index (χ1n) is 8.64. The van der Waals surface area contributed by atoms with Crippen molar-refractivity contribution in [1.29, 1.82) is 0 Å². The van der Waals surface area contributed by atoms with Crippen molar-refractivity contribution in [3.8, 4) is 5.69 Å². The molecule has 5 heteroatoms. The number of nitrogens with zero attached hydrogens (tertiary/aromatic N) is 4. The zero-order chi connectivity index (χ0) is 17.4. The fraction of sp³-hybridized carbons (Fsp3) is 0.300. The minimum Gasteiger partial charge on any atom is -0.369 e. The summed E-state index contributed by atoms with van der Waals surface area (Å²) in [5.41, 5.74) is 4.87. The van der Waals surface area contributed by atoms with Crippen molar-refractivity contribution < 1.29 is 4.79 Å². The average molecular weight is 334 g/mol. The highest BCUT2D eigenvalue weighted by molar-refractivity contribution is 5.86. The van der Waals surface area contributed by atoms with Crippen molar-refractivity contribution >= 4 is 23.0 Å². The van der Waals surface area contributed by atoms with Crippen LogP contribution in [0.3, 0.4) is 0 Å². The van der Waals surface area contributed by atoms with Crippen molar-refractivity contribution in [2.45, 2.75) is 6.92 Å². The first kappa shape index (κ1) is 15.8. The number of carbonyl (C=O) groups excluding carboxylic acids is 1. The molecule has 1 aliphatic rings. The maximum atomic E-state index is 11.1. The molecule has 1 aliphatic heterocycles. The number of rotatable bonds is 3. The standard InChI is InChI=1S/C20H22N4O/c1-15-21-19-8-3-16(14-25)13-20(19)24(15)18-6-4-17(5-7-18)23-11-9-22(2)10-12-23/h3-8,13-14H,9-12H2,1-2H3. The minimum absolute atomic E-state index is 0.669. The number of anilines is 1. The molecule has 0 radical (unpaired) electrons. The summed E-state index contributed by atoms with van der Waals surface area (Å²) in [6.45, 7) is 6.31. The van der Waals surface area contributed by atoms with E-state index in [9.17, 15) is 4.79 Å². The van der Waals surface area contributed by atoms with E-state index in [1.807, 2.05) is 25.1 Å². The molecule has 0 bridgehead atoms. The average Bonchev–Trinajstić information content (AvgIpc) is 2.97.